The highest BCUT2D eigenvalue weighted by atomic mass is 16.6. The van der Waals surface area contributed by atoms with Crippen molar-refractivity contribution in [1.82, 2.24) is 5.32 Å². The summed E-state index contributed by atoms with van der Waals surface area (Å²) in [6.45, 7) is 0. The summed E-state index contributed by atoms with van der Waals surface area (Å²) in [5.74, 6) is 0.161. The normalized spacial score (nSPS) is 24.4. The summed E-state index contributed by atoms with van der Waals surface area (Å²) in [5, 5.41) is 23.4. The molecule has 82 valence electrons. The molecule has 3 N–H and O–H groups in total. The highest BCUT2D eigenvalue weighted by molar-refractivity contribution is 6.41. The first kappa shape index (κ1) is 10.4. The molecule has 0 aromatic carbocycles. The van der Waals surface area contributed by atoms with Crippen LogP contribution in [0.1, 0.15) is 19.3 Å². The van der Waals surface area contributed by atoms with Crippen molar-refractivity contribution in [2.45, 2.75) is 25.4 Å². The van der Waals surface area contributed by atoms with Crippen LogP contribution >= 0.6 is 0 Å². The van der Waals surface area contributed by atoms with E-state index in [2.05, 4.69) is 10.5 Å². The molecule has 15 heavy (non-hydrogen) atoms. The van der Waals surface area contributed by atoms with Crippen LogP contribution in [-0.2, 0) is 9.63 Å². The third-order valence-corrected chi connectivity index (χ3v) is 2.49. The molecule has 1 fully saturated rings. The van der Waals surface area contributed by atoms with Gasteiger partial charge in [-0.05, 0) is 12.8 Å². The molecule has 1 aliphatic carbocycles. The van der Waals surface area contributed by atoms with Gasteiger partial charge in [-0.1, -0.05) is 5.16 Å². The molecule has 1 heterocycles. The Morgan fingerprint density at radius 2 is 2.33 bits per heavy atom. The van der Waals surface area contributed by atoms with E-state index >= 15 is 0 Å². The molecule has 1 unspecified atom stereocenters. The molecule has 0 spiro atoms. The van der Waals surface area contributed by atoms with Crippen LogP contribution in [0.4, 0.5) is 0 Å². The molecule has 7 heteroatoms. The second-order valence-electron chi connectivity index (χ2n) is 3.88. The standard InChI is InChI=1S/C8H13BN2O4/c12-8(10-4-9(13)14)7-3-6(11-15-7)5-1-2-5/h5,7,13-14H,1-4H2,(H,10,12). The van der Waals surface area contributed by atoms with Crippen molar-refractivity contribution in [3.8, 4) is 0 Å². The van der Waals surface area contributed by atoms with Gasteiger partial charge in [0.15, 0.2) is 0 Å². The Hall–Kier alpha value is -1.08. The van der Waals surface area contributed by atoms with Crippen LogP contribution in [0, 0.1) is 5.92 Å². The van der Waals surface area contributed by atoms with Crippen LogP contribution in [0.2, 0.25) is 0 Å². The maximum atomic E-state index is 11.4. The Bertz CT molecular complexity index is 290. The van der Waals surface area contributed by atoms with E-state index in [1.54, 1.807) is 0 Å². The molecule has 1 amide bonds. The van der Waals surface area contributed by atoms with Gasteiger partial charge < -0.3 is 20.2 Å². The van der Waals surface area contributed by atoms with Crippen molar-refractivity contribution in [2.75, 3.05) is 6.44 Å². The Morgan fingerprint density at radius 3 is 2.93 bits per heavy atom. The van der Waals surface area contributed by atoms with E-state index in [0.29, 0.717) is 12.3 Å². The number of carbonyl (C=O) groups is 1. The minimum atomic E-state index is -1.53. The molecular formula is C8H13BN2O4. The quantitative estimate of drug-likeness (QED) is 0.503. The van der Waals surface area contributed by atoms with E-state index in [9.17, 15) is 4.79 Å². The van der Waals surface area contributed by atoms with Gasteiger partial charge in [0.05, 0.1) is 12.2 Å². The van der Waals surface area contributed by atoms with Crippen LogP contribution in [0.3, 0.4) is 0 Å². The van der Waals surface area contributed by atoms with Crippen molar-refractivity contribution >= 4 is 18.7 Å². The van der Waals surface area contributed by atoms with E-state index < -0.39 is 13.2 Å². The van der Waals surface area contributed by atoms with Gasteiger partial charge in [0.1, 0.15) is 0 Å². The van der Waals surface area contributed by atoms with Crippen LogP contribution in [0.25, 0.3) is 0 Å². The SMILES string of the molecule is O=C(NCB(O)O)C1CC(C2CC2)=NO1. The molecule has 0 aromatic rings. The number of carbonyl (C=O) groups excluding carboxylic acids is 1. The average molecular weight is 212 g/mol. The number of nitrogens with one attached hydrogen (secondary N) is 1. The predicted octanol–water partition coefficient (Wildman–Crippen LogP) is -1.33. The van der Waals surface area contributed by atoms with Gasteiger partial charge in [-0.3, -0.25) is 4.79 Å². The number of hydrogen-bond donors (Lipinski definition) is 3. The van der Waals surface area contributed by atoms with E-state index in [4.69, 9.17) is 14.9 Å². The number of rotatable bonds is 4. The molecule has 2 aliphatic rings. The molecule has 1 atom stereocenters. The molecule has 0 radical (unpaired) electrons. The highest BCUT2D eigenvalue weighted by Gasteiger charge is 2.36. The summed E-state index contributed by atoms with van der Waals surface area (Å²) >= 11 is 0. The summed E-state index contributed by atoms with van der Waals surface area (Å²) in [6.07, 6.45) is 2.01. The fourth-order valence-corrected chi connectivity index (χ4v) is 1.50. The molecule has 0 saturated heterocycles. The highest BCUT2D eigenvalue weighted by Crippen LogP contribution is 2.34. The molecular weight excluding hydrogens is 199 g/mol. The lowest BCUT2D eigenvalue weighted by Gasteiger charge is -2.08. The third kappa shape index (κ3) is 2.70. The van der Waals surface area contributed by atoms with Crippen LogP contribution in [0.5, 0.6) is 0 Å². The molecule has 0 aromatic heterocycles. The summed E-state index contributed by atoms with van der Waals surface area (Å²) in [7, 11) is -1.53. The van der Waals surface area contributed by atoms with Gasteiger partial charge in [-0.2, -0.15) is 0 Å². The summed E-state index contributed by atoms with van der Waals surface area (Å²) < 4.78 is 0. The smallest absolute Gasteiger partial charge is 0.426 e. The molecule has 0 bridgehead atoms. The predicted molar refractivity (Wildman–Crippen MR) is 52.9 cm³/mol. The number of oxime groups is 1. The fraction of sp³-hybridized carbons (Fsp3) is 0.750. The maximum Gasteiger partial charge on any atom is 0.472 e. The van der Waals surface area contributed by atoms with Crippen LogP contribution in [0.15, 0.2) is 5.16 Å². The number of nitrogens with zero attached hydrogens (tertiary/aromatic N) is 1. The number of hydrogen-bond acceptors (Lipinski definition) is 5. The van der Waals surface area contributed by atoms with Gasteiger partial charge in [-0.25, -0.2) is 0 Å². The van der Waals surface area contributed by atoms with E-state index in [1.165, 1.54) is 0 Å². The topological polar surface area (TPSA) is 91.2 Å². The van der Waals surface area contributed by atoms with Gasteiger partial charge in [-0.15, -0.1) is 0 Å². The molecule has 1 saturated carbocycles. The lowest BCUT2D eigenvalue weighted by molar-refractivity contribution is -0.130. The first-order chi connectivity index (χ1) is 7.16. The Balaban J connectivity index is 1.74. The fourth-order valence-electron chi connectivity index (χ4n) is 1.50. The first-order valence-electron chi connectivity index (χ1n) is 5.03. The van der Waals surface area contributed by atoms with Gasteiger partial charge in [0, 0.05) is 12.3 Å². The van der Waals surface area contributed by atoms with Crippen LogP contribution in [-0.4, -0.2) is 41.3 Å². The van der Waals surface area contributed by atoms with Gasteiger partial charge in [0.2, 0.25) is 6.10 Å². The minimum absolute atomic E-state index is 0.183. The summed E-state index contributed by atoms with van der Waals surface area (Å²) in [4.78, 5) is 16.4. The Labute approximate surface area is 87.4 Å². The van der Waals surface area contributed by atoms with Gasteiger partial charge >= 0.3 is 7.12 Å². The van der Waals surface area contributed by atoms with Crippen molar-refractivity contribution in [3.05, 3.63) is 0 Å². The summed E-state index contributed by atoms with van der Waals surface area (Å²) in [6, 6.07) is 0. The first-order valence-corrected chi connectivity index (χ1v) is 5.03. The average Bonchev–Trinajstić information content (AvgIpc) is 2.93. The zero-order chi connectivity index (χ0) is 10.8. The number of amides is 1. The summed E-state index contributed by atoms with van der Waals surface area (Å²) in [5.41, 5.74) is 0.958. The molecule has 6 nitrogen and oxygen atoms in total. The zero-order valence-electron chi connectivity index (χ0n) is 8.22. The second kappa shape index (κ2) is 4.20. The zero-order valence-corrected chi connectivity index (χ0v) is 8.22. The lowest BCUT2D eigenvalue weighted by atomic mass is 9.92. The third-order valence-electron chi connectivity index (χ3n) is 2.49. The molecule has 2 rings (SSSR count). The second-order valence-corrected chi connectivity index (χ2v) is 3.88. The Morgan fingerprint density at radius 1 is 1.60 bits per heavy atom. The van der Waals surface area contributed by atoms with E-state index in [0.717, 1.165) is 18.6 Å². The van der Waals surface area contributed by atoms with Crippen LogP contribution < -0.4 is 5.32 Å². The van der Waals surface area contributed by atoms with E-state index in [1.807, 2.05) is 0 Å². The lowest BCUT2D eigenvalue weighted by Crippen LogP contribution is -2.41. The molecule has 1 aliphatic heterocycles. The van der Waals surface area contributed by atoms with Gasteiger partial charge in [0.25, 0.3) is 5.91 Å². The van der Waals surface area contributed by atoms with E-state index in [-0.39, 0.29) is 12.4 Å². The minimum Gasteiger partial charge on any atom is -0.426 e. The monoisotopic (exact) mass is 212 g/mol. The van der Waals surface area contributed by atoms with Crippen molar-refractivity contribution in [3.63, 3.8) is 0 Å². The van der Waals surface area contributed by atoms with Crippen molar-refractivity contribution < 1.29 is 19.7 Å². The maximum absolute atomic E-state index is 11.4. The van der Waals surface area contributed by atoms with Crippen molar-refractivity contribution in [2.24, 2.45) is 11.1 Å². The van der Waals surface area contributed by atoms with Crippen molar-refractivity contribution in [1.29, 1.82) is 0 Å². The largest absolute Gasteiger partial charge is 0.472 e. The Kier molecular flexibility index (Phi) is 2.92.